The second kappa shape index (κ2) is 4.85. The van der Waals surface area contributed by atoms with Gasteiger partial charge in [-0.25, -0.2) is 4.79 Å². The van der Waals surface area contributed by atoms with Gasteiger partial charge < -0.3 is 10.2 Å². The minimum Gasteiger partial charge on any atom is -0.444 e. The van der Waals surface area contributed by atoms with Gasteiger partial charge in [0.2, 0.25) is 0 Å². The van der Waals surface area contributed by atoms with Gasteiger partial charge >= 0.3 is 6.09 Å². The third-order valence-electron chi connectivity index (χ3n) is 1.70. The zero-order chi connectivity index (χ0) is 12.2. The lowest BCUT2D eigenvalue weighted by Gasteiger charge is -2.19. The van der Waals surface area contributed by atoms with E-state index in [1.807, 2.05) is 20.8 Å². The van der Waals surface area contributed by atoms with Crippen LogP contribution in [0, 0.1) is 0 Å². The number of benzene rings is 1. The predicted molar refractivity (Wildman–Crippen MR) is 64.1 cm³/mol. The normalized spacial score (nSPS) is 10.8. The summed E-state index contributed by atoms with van der Waals surface area (Å²) < 4.78 is 5.11. The van der Waals surface area contributed by atoms with Crippen LogP contribution in [-0.2, 0) is 4.74 Å². The highest BCUT2D eigenvalue weighted by atomic mass is 16.6. The highest BCUT2D eigenvalue weighted by molar-refractivity contribution is 5.85. The van der Waals surface area contributed by atoms with Crippen molar-refractivity contribution < 1.29 is 9.53 Å². The van der Waals surface area contributed by atoms with Crippen LogP contribution in [0.3, 0.4) is 0 Å². The summed E-state index contributed by atoms with van der Waals surface area (Å²) >= 11 is 0. The number of rotatable bonds is 2. The van der Waals surface area contributed by atoms with E-state index in [9.17, 15) is 4.79 Å². The van der Waals surface area contributed by atoms with Gasteiger partial charge in [0.25, 0.3) is 0 Å². The average Bonchev–Trinajstić information content (AvgIpc) is 2.16. The number of amides is 1. The fourth-order valence-electron chi connectivity index (χ4n) is 1.07. The SMILES string of the molecule is CC(C)(C)OC(=O)Nc1ccc(NN)cc1. The summed E-state index contributed by atoms with van der Waals surface area (Å²) in [5, 5.41) is 2.62. The van der Waals surface area contributed by atoms with Gasteiger partial charge in [-0.1, -0.05) is 0 Å². The molecule has 1 aromatic rings. The molecule has 4 N–H and O–H groups in total. The first-order valence-electron chi connectivity index (χ1n) is 4.97. The van der Waals surface area contributed by atoms with Crippen molar-refractivity contribution in [1.29, 1.82) is 0 Å². The minimum atomic E-state index is -0.497. The molecule has 0 saturated carbocycles. The molecule has 0 atom stereocenters. The van der Waals surface area contributed by atoms with Crippen LogP contribution in [0.2, 0.25) is 0 Å². The average molecular weight is 223 g/mol. The van der Waals surface area contributed by atoms with Gasteiger partial charge in [0, 0.05) is 11.4 Å². The van der Waals surface area contributed by atoms with Crippen molar-refractivity contribution in [3.8, 4) is 0 Å². The first-order valence-corrected chi connectivity index (χ1v) is 4.97. The number of carbonyl (C=O) groups excluding carboxylic acids is 1. The number of carbonyl (C=O) groups is 1. The summed E-state index contributed by atoms with van der Waals surface area (Å²) in [6.45, 7) is 5.44. The van der Waals surface area contributed by atoms with Crippen LogP contribution in [0.15, 0.2) is 24.3 Å². The first kappa shape index (κ1) is 12.3. The van der Waals surface area contributed by atoms with E-state index in [2.05, 4.69) is 10.7 Å². The molecule has 0 radical (unpaired) electrons. The van der Waals surface area contributed by atoms with Crippen LogP contribution in [-0.4, -0.2) is 11.7 Å². The van der Waals surface area contributed by atoms with E-state index >= 15 is 0 Å². The molecule has 0 bridgehead atoms. The fraction of sp³-hybridized carbons (Fsp3) is 0.364. The molecule has 0 fully saturated rings. The molecular formula is C11H17N3O2. The Hall–Kier alpha value is -1.75. The molecule has 0 aliphatic rings. The monoisotopic (exact) mass is 223 g/mol. The maximum Gasteiger partial charge on any atom is 0.412 e. The maximum atomic E-state index is 11.4. The van der Waals surface area contributed by atoms with E-state index < -0.39 is 11.7 Å². The molecule has 0 heterocycles. The number of ether oxygens (including phenoxy) is 1. The van der Waals surface area contributed by atoms with E-state index in [-0.39, 0.29) is 0 Å². The van der Waals surface area contributed by atoms with E-state index in [1.165, 1.54) is 0 Å². The zero-order valence-electron chi connectivity index (χ0n) is 9.70. The largest absolute Gasteiger partial charge is 0.444 e. The van der Waals surface area contributed by atoms with Gasteiger partial charge in [0.15, 0.2) is 0 Å². The first-order chi connectivity index (χ1) is 7.40. The Morgan fingerprint density at radius 3 is 2.12 bits per heavy atom. The molecule has 5 heteroatoms. The number of hydrogen-bond acceptors (Lipinski definition) is 4. The molecule has 0 unspecified atom stereocenters. The van der Waals surface area contributed by atoms with Gasteiger partial charge in [-0.05, 0) is 45.0 Å². The number of nitrogens with two attached hydrogens (primary N) is 1. The predicted octanol–water partition coefficient (Wildman–Crippen LogP) is 2.32. The molecule has 0 spiro atoms. The lowest BCUT2D eigenvalue weighted by molar-refractivity contribution is 0.0636. The molecule has 0 saturated heterocycles. The Morgan fingerprint density at radius 1 is 1.19 bits per heavy atom. The van der Waals surface area contributed by atoms with Crippen molar-refractivity contribution in [2.75, 3.05) is 10.7 Å². The van der Waals surface area contributed by atoms with Crippen molar-refractivity contribution in [2.24, 2.45) is 5.84 Å². The smallest absolute Gasteiger partial charge is 0.412 e. The number of hydrogen-bond donors (Lipinski definition) is 3. The zero-order valence-corrected chi connectivity index (χ0v) is 9.70. The minimum absolute atomic E-state index is 0.471. The molecule has 5 nitrogen and oxygen atoms in total. The Kier molecular flexibility index (Phi) is 3.73. The summed E-state index contributed by atoms with van der Waals surface area (Å²) in [6, 6.07) is 6.98. The van der Waals surface area contributed by atoms with Crippen LogP contribution < -0.4 is 16.6 Å². The summed E-state index contributed by atoms with van der Waals surface area (Å²) in [5.41, 5.74) is 3.44. The highest BCUT2D eigenvalue weighted by Crippen LogP contribution is 2.14. The Balaban J connectivity index is 2.56. The standard InChI is InChI=1S/C11H17N3O2/c1-11(2,3)16-10(15)13-8-4-6-9(14-12)7-5-8/h4-7,14H,12H2,1-3H3,(H,13,15). The van der Waals surface area contributed by atoms with E-state index in [0.717, 1.165) is 5.69 Å². The second-order valence-electron chi connectivity index (χ2n) is 4.35. The second-order valence-corrected chi connectivity index (χ2v) is 4.35. The quantitative estimate of drug-likeness (QED) is 0.531. The lowest BCUT2D eigenvalue weighted by atomic mass is 10.2. The number of nitrogens with one attached hydrogen (secondary N) is 2. The van der Waals surface area contributed by atoms with E-state index in [1.54, 1.807) is 24.3 Å². The summed E-state index contributed by atoms with van der Waals surface area (Å²) in [7, 11) is 0. The van der Waals surface area contributed by atoms with Crippen molar-refractivity contribution in [3.63, 3.8) is 0 Å². The van der Waals surface area contributed by atoms with Gasteiger partial charge in [0.1, 0.15) is 5.60 Å². The number of nitrogen functional groups attached to an aromatic ring is 1. The Labute approximate surface area is 94.9 Å². The topological polar surface area (TPSA) is 76.4 Å². The fourth-order valence-corrected chi connectivity index (χ4v) is 1.07. The third-order valence-corrected chi connectivity index (χ3v) is 1.70. The van der Waals surface area contributed by atoms with Crippen molar-refractivity contribution in [3.05, 3.63) is 24.3 Å². The van der Waals surface area contributed by atoms with Gasteiger partial charge in [-0.2, -0.15) is 0 Å². The van der Waals surface area contributed by atoms with E-state index in [4.69, 9.17) is 10.6 Å². The molecule has 1 amide bonds. The van der Waals surface area contributed by atoms with Crippen molar-refractivity contribution >= 4 is 17.5 Å². The van der Waals surface area contributed by atoms with Crippen LogP contribution in [0.25, 0.3) is 0 Å². The van der Waals surface area contributed by atoms with Crippen LogP contribution in [0.4, 0.5) is 16.2 Å². The van der Waals surface area contributed by atoms with Crippen LogP contribution in [0.1, 0.15) is 20.8 Å². The number of hydrazine groups is 1. The Morgan fingerprint density at radius 2 is 1.69 bits per heavy atom. The highest BCUT2D eigenvalue weighted by Gasteiger charge is 2.15. The number of anilines is 2. The Bertz CT molecular complexity index is 354. The van der Waals surface area contributed by atoms with Crippen LogP contribution >= 0.6 is 0 Å². The van der Waals surface area contributed by atoms with Gasteiger partial charge in [-0.3, -0.25) is 11.2 Å². The summed E-state index contributed by atoms with van der Waals surface area (Å²) in [6.07, 6.45) is -0.471. The molecule has 1 rings (SSSR count). The van der Waals surface area contributed by atoms with Crippen LogP contribution in [0.5, 0.6) is 0 Å². The molecule has 0 aliphatic heterocycles. The molecule has 0 aliphatic carbocycles. The van der Waals surface area contributed by atoms with Gasteiger partial charge in [-0.15, -0.1) is 0 Å². The third kappa shape index (κ3) is 4.18. The maximum absolute atomic E-state index is 11.4. The molecule has 0 aromatic heterocycles. The molecular weight excluding hydrogens is 206 g/mol. The van der Waals surface area contributed by atoms with Gasteiger partial charge in [0.05, 0.1) is 0 Å². The summed E-state index contributed by atoms with van der Waals surface area (Å²) in [5.74, 6) is 5.22. The summed E-state index contributed by atoms with van der Waals surface area (Å²) in [4.78, 5) is 11.4. The molecule has 88 valence electrons. The molecule has 16 heavy (non-hydrogen) atoms. The lowest BCUT2D eigenvalue weighted by Crippen LogP contribution is -2.27. The molecule has 1 aromatic carbocycles. The van der Waals surface area contributed by atoms with E-state index in [0.29, 0.717) is 5.69 Å². The van der Waals surface area contributed by atoms with Crippen molar-refractivity contribution in [1.82, 2.24) is 0 Å². The van der Waals surface area contributed by atoms with Crippen molar-refractivity contribution in [2.45, 2.75) is 26.4 Å².